The average Bonchev–Trinajstić information content (AvgIpc) is 1.84. The molecule has 0 saturated carbocycles. The first-order valence-corrected chi connectivity index (χ1v) is 2.41. The monoisotopic (exact) mass is 88.0 g/mol. The Morgan fingerprint density at radius 2 is 3.00 bits per heavy atom. The second-order valence-electron chi connectivity index (χ2n) is 0.838. The number of rotatable bonds is 0. The predicted molar refractivity (Wildman–Crippen MR) is 26.2 cm³/mol. The van der Waals surface area contributed by atoms with Gasteiger partial charge >= 0.3 is 0 Å². The van der Waals surface area contributed by atoms with E-state index in [1.165, 1.54) is 11.8 Å². The molecule has 1 heteroatoms. The molecular formula is C4H6S. The van der Waals surface area contributed by atoms with E-state index in [0.29, 0.717) is 6.42 Å². The Labute approximate surface area is 39.1 Å². The van der Waals surface area contributed by atoms with Crippen molar-refractivity contribution in [3.8, 4) is 0 Å². The van der Waals surface area contributed by atoms with Crippen LogP contribution < -0.4 is 0 Å². The standard InChI is InChI=1S/C4H6S/c1-2-4-5-3-1/h1,3H,2,4H2/i4D2. The molecule has 0 nitrogen and oxygen atoms in total. The molecular weight excluding hydrogens is 80.1 g/mol. The van der Waals surface area contributed by atoms with Crippen LogP contribution in [-0.4, -0.2) is 5.70 Å². The smallest absolute Gasteiger partial charge is 0.0387 e. The van der Waals surface area contributed by atoms with E-state index in [4.69, 9.17) is 2.74 Å². The first-order chi connectivity index (χ1) is 3.21. The fraction of sp³-hybridized carbons (Fsp3) is 0.500. The molecule has 0 aromatic heterocycles. The Morgan fingerprint density at radius 1 is 2.00 bits per heavy atom. The lowest BCUT2D eigenvalue weighted by Gasteiger charge is -1.69. The van der Waals surface area contributed by atoms with Crippen molar-refractivity contribution in [2.24, 2.45) is 0 Å². The maximum absolute atomic E-state index is 7.05. The molecule has 0 unspecified atom stereocenters. The summed E-state index contributed by atoms with van der Waals surface area (Å²) >= 11 is 1.25. The van der Waals surface area contributed by atoms with E-state index < -0.39 is 5.70 Å². The van der Waals surface area contributed by atoms with Crippen LogP contribution in [0.2, 0.25) is 0 Å². The SMILES string of the molecule is [2H]C1([2H])CC=CS1. The molecule has 1 aliphatic heterocycles. The molecule has 0 spiro atoms. The van der Waals surface area contributed by atoms with Gasteiger partial charge in [-0.15, -0.1) is 11.8 Å². The Bertz CT molecular complexity index is 87.9. The number of thioether (sulfide) groups is 1. The van der Waals surface area contributed by atoms with Gasteiger partial charge in [-0.3, -0.25) is 0 Å². The van der Waals surface area contributed by atoms with Crippen LogP contribution in [-0.2, 0) is 0 Å². The summed E-state index contributed by atoms with van der Waals surface area (Å²) in [5, 5.41) is 1.81. The second-order valence-corrected chi connectivity index (χ2v) is 1.63. The summed E-state index contributed by atoms with van der Waals surface area (Å²) in [4.78, 5) is 0. The molecule has 0 atom stereocenters. The van der Waals surface area contributed by atoms with Gasteiger partial charge in [-0.1, -0.05) is 6.08 Å². The lowest BCUT2D eigenvalue weighted by Crippen LogP contribution is -1.56. The molecule has 0 saturated heterocycles. The molecule has 0 radical (unpaired) electrons. The van der Waals surface area contributed by atoms with Crippen molar-refractivity contribution < 1.29 is 2.74 Å². The van der Waals surface area contributed by atoms with Crippen LogP contribution in [0, 0.1) is 0 Å². The summed E-state index contributed by atoms with van der Waals surface area (Å²) in [7, 11) is 0. The topological polar surface area (TPSA) is 0 Å². The van der Waals surface area contributed by atoms with E-state index in [0.717, 1.165) is 0 Å². The summed E-state index contributed by atoms with van der Waals surface area (Å²) < 4.78 is 14.1. The van der Waals surface area contributed by atoms with Crippen molar-refractivity contribution in [3.63, 3.8) is 0 Å². The highest BCUT2D eigenvalue weighted by Crippen LogP contribution is 2.11. The molecule has 1 heterocycles. The third-order valence-corrected chi connectivity index (χ3v) is 1.11. The number of hydrogen-bond acceptors (Lipinski definition) is 1. The highest BCUT2D eigenvalue weighted by molar-refractivity contribution is 8.02. The third-order valence-electron chi connectivity index (χ3n) is 0.449. The molecule has 1 aliphatic rings. The maximum Gasteiger partial charge on any atom is 0.0387 e. The average molecular weight is 88.2 g/mol. The summed E-state index contributed by atoms with van der Waals surface area (Å²) in [6.07, 6.45) is 2.42. The van der Waals surface area contributed by atoms with Gasteiger partial charge in [-0.25, -0.2) is 0 Å². The van der Waals surface area contributed by atoms with Gasteiger partial charge in [-0.05, 0) is 11.8 Å². The van der Waals surface area contributed by atoms with Crippen molar-refractivity contribution >= 4 is 11.8 Å². The van der Waals surface area contributed by atoms with Crippen molar-refractivity contribution in [1.82, 2.24) is 0 Å². The Balaban J connectivity index is 2.49. The summed E-state index contributed by atoms with van der Waals surface area (Å²) in [5.74, 6) is 0. The molecule has 5 heavy (non-hydrogen) atoms. The van der Waals surface area contributed by atoms with Crippen LogP contribution in [0.1, 0.15) is 9.16 Å². The van der Waals surface area contributed by atoms with Gasteiger partial charge in [-0.2, -0.15) is 0 Å². The van der Waals surface area contributed by atoms with Crippen molar-refractivity contribution in [2.75, 3.05) is 5.70 Å². The van der Waals surface area contributed by atoms with Crippen LogP contribution in [0.25, 0.3) is 0 Å². The highest BCUT2D eigenvalue weighted by atomic mass is 32.2. The minimum Gasteiger partial charge on any atom is -0.134 e. The number of allylic oxidation sites excluding steroid dienone is 1. The zero-order valence-electron chi connectivity index (χ0n) is 4.77. The van der Waals surface area contributed by atoms with Gasteiger partial charge in [0, 0.05) is 8.45 Å². The fourth-order valence-corrected chi connectivity index (χ4v) is 0.722. The summed E-state index contributed by atoms with van der Waals surface area (Å²) in [5.41, 5.74) is -1.00. The summed E-state index contributed by atoms with van der Waals surface area (Å²) in [6.45, 7) is 0. The molecule has 0 fully saturated rings. The van der Waals surface area contributed by atoms with E-state index in [9.17, 15) is 0 Å². The highest BCUT2D eigenvalue weighted by Gasteiger charge is 1.85. The zero-order chi connectivity index (χ0) is 5.33. The largest absolute Gasteiger partial charge is 0.134 e. The molecule has 0 N–H and O–H groups in total. The molecule has 0 amide bonds. The van der Waals surface area contributed by atoms with Gasteiger partial charge in [0.15, 0.2) is 0 Å². The van der Waals surface area contributed by atoms with Gasteiger partial charge in [0.25, 0.3) is 0 Å². The molecule has 1 rings (SSSR count). The van der Waals surface area contributed by atoms with Crippen molar-refractivity contribution in [2.45, 2.75) is 6.42 Å². The maximum atomic E-state index is 7.05. The molecule has 0 aromatic carbocycles. The van der Waals surface area contributed by atoms with E-state index >= 15 is 0 Å². The van der Waals surface area contributed by atoms with E-state index in [1.807, 2.05) is 6.08 Å². The van der Waals surface area contributed by atoms with Gasteiger partial charge in [0.1, 0.15) is 0 Å². The van der Waals surface area contributed by atoms with Crippen LogP contribution in [0.4, 0.5) is 0 Å². The molecule has 28 valence electrons. The zero-order valence-corrected chi connectivity index (χ0v) is 3.59. The fourth-order valence-electron chi connectivity index (χ4n) is 0.241. The van der Waals surface area contributed by atoms with E-state index in [2.05, 4.69) is 0 Å². The van der Waals surface area contributed by atoms with Gasteiger partial charge < -0.3 is 0 Å². The second kappa shape index (κ2) is 1.51. The van der Waals surface area contributed by atoms with Crippen molar-refractivity contribution in [1.29, 1.82) is 0 Å². The Morgan fingerprint density at radius 3 is 3.20 bits per heavy atom. The molecule has 0 bridgehead atoms. The van der Waals surface area contributed by atoms with E-state index in [1.54, 1.807) is 5.41 Å². The van der Waals surface area contributed by atoms with Gasteiger partial charge in [0.05, 0.1) is 0 Å². The predicted octanol–water partition coefficient (Wildman–Crippen LogP) is 1.64. The number of hydrogen-bond donors (Lipinski definition) is 0. The first-order valence-electron chi connectivity index (χ1n) is 2.53. The van der Waals surface area contributed by atoms with Crippen LogP contribution in [0.3, 0.4) is 0 Å². The van der Waals surface area contributed by atoms with Crippen LogP contribution in [0.5, 0.6) is 0 Å². The summed E-state index contributed by atoms with van der Waals surface area (Å²) in [6, 6.07) is 0. The minimum absolute atomic E-state index is 0.567. The Hall–Kier alpha value is 0.0900. The first kappa shape index (κ1) is 1.69. The minimum atomic E-state index is -1.00. The van der Waals surface area contributed by atoms with Crippen molar-refractivity contribution in [3.05, 3.63) is 11.5 Å². The quantitative estimate of drug-likeness (QED) is 0.433. The normalized spacial score (nSPS) is 36.8. The molecule has 0 aromatic rings. The third kappa shape index (κ3) is 0.690. The van der Waals surface area contributed by atoms with E-state index in [-0.39, 0.29) is 0 Å². The van der Waals surface area contributed by atoms with Crippen LogP contribution >= 0.6 is 11.8 Å². The lowest BCUT2D eigenvalue weighted by atomic mass is 10.5. The Kier molecular flexibility index (Phi) is 0.511. The van der Waals surface area contributed by atoms with Gasteiger partial charge in [0.2, 0.25) is 0 Å². The van der Waals surface area contributed by atoms with Crippen LogP contribution in [0.15, 0.2) is 11.5 Å². The molecule has 0 aliphatic carbocycles. The lowest BCUT2D eigenvalue weighted by molar-refractivity contribution is 1.28.